The summed E-state index contributed by atoms with van der Waals surface area (Å²) in [5, 5.41) is 0.834. The average molecular weight is 329 g/mol. The summed E-state index contributed by atoms with van der Waals surface area (Å²) in [6, 6.07) is 0.275. The number of anilines is 2. The number of nitrogens with zero attached hydrogens (tertiary/aromatic N) is 3. The Hall–Kier alpha value is -0.990. The molecule has 0 radical (unpaired) electrons. The molecule has 8 heteroatoms. The molecule has 0 aromatic carbocycles. The van der Waals surface area contributed by atoms with E-state index >= 15 is 0 Å². The van der Waals surface area contributed by atoms with Gasteiger partial charge in [-0.25, -0.2) is 4.98 Å². The molecule has 1 aliphatic rings. The molecule has 1 aliphatic heterocycles. The van der Waals surface area contributed by atoms with Gasteiger partial charge in [-0.15, -0.1) is 0 Å². The van der Waals surface area contributed by atoms with Crippen LogP contribution in [0.3, 0.4) is 0 Å². The summed E-state index contributed by atoms with van der Waals surface area (Å²) in [4.78, 5) is 21.2. The molecular weight excluding hydrogens is 306 g/mol. The second kappa shape index (κ2) is 7.33. The van der Waals surface area contributed by atoms with Crippen molar-refractivity contribution in [3.8, 4) is 0 Å². The van der Waals surface area contributed by atoms with Crippen LogP contribution in [0.15, 0.2) is 0 Å². The third-order valence-corrected chi connectivity index (χ3v) is 5.33. The van der Waals surface area contributed by atoms with Gasteiger partial charge in [-0.1, -0.05) is 11.3 Å². The van der Waals surface area contributed by atoms with Crippen LogP contribution in [0.1, 0.15) is 22.5 Å². The molecule has 0 unspecified atom stereocenters. The highest BCUT2D eigenvalue weighted by Crippen LogP contribution is 2.30. The number of amides is 1. The minimum Gasteiger partial charge on any atom is -0.382 e. The minimum atomic E-state index is -0.0426. The van der Waals surface area contributed by atoms with Crippen molar-refractivity contribution in [3.63, 3.8) is 0 Å². The van der Waals surface area contributed by atoms with E-state index in [2.05, 4.69) is 9.88 Å². The Kier molecular flexibility index (Phi) is 5.72. The van der Waals surface area contributed by atoms with Gasteiger partial charge >= 0.3 is 0 Å². The van der Waals surface area contributed by atoms with E-state index in [1.807, 2.05) is 6.26 Å². The maximum Gasteiger partial charge on any atom is 0.267 e. The van der Waals surface area contributed by atoms with Crippen molar-refractivity contribution >= 4 is 40.0 Å². The van der Waals surface area contributed by atoms with E-state index in [9.17, 15) is 4.79 Å². The highest BCUT2D eigenvalue weighted by atomic mass is 32.2. The van der Waals surface area contributed by atoms with E-state index in [4.69, 9.17) is 11.5 Å². The first kappa shape index (κ1) is 16.4. The molecule has 2 heterocycles. The molecule has 0 aliphatic carbocycles. The van der Waals surface area contributed by atoms with Crippen molar-refractivity contribution in [2.75, 3.05) is 49.3 Å². The summed E-state index contributed by atoms with van der Waals surface area (Å²) in [6.07, 6.45) is 3.94. The number of rotatable bonds is 5. The van der Waals surface area contributed by atoms with Crippen molar-refractivity contribution in [3.05, 3.63) is 4.88 Å². The van der Waals surface area contributed by atoms with Gasteiger partial charge in [0.25, 0.3) is 5.91 Å². The number of carbonyl (C=O) groups excluding carboxylic acids is 1. The quantitative estimate of drug-likeness (QED) is 0.840. The topological polar surface area (TPSA) is 88.5 Å². The van der Waals surface area contributed by atoms with E-state index in [0.29, 0.717) is 17.2 Å². The van der Waals surface area contributed by atoms with Crippen LogP contribution in [0.25, 0.3) is 0 Å². The fourth-order valence-electron chi connectivity index (χ4n) is 2.20. The van der Waals surface area contributed by atoms with Crippen LogP contribution in [0, 0.1) is 0 Å². The van der Waals surface area contributed by atoms with Gasteiger partial charge in [0.15, 0.2) is 5.13 Å². The van der Waals surface area contributed by atoms with Crippen LogP contribution in [-0.2, 0) is 0 Å². The number of nitrogen functional groups attached to an aromatic ring is 1. The lowest BCUT2D eigenvalue weighted by Gasteiger charge is -2.29. The Morgan fingerprint density at radius 3 is 2.81 bits per heavy atom. The highest BCUT2D eigenvalue weighted by molar-refractivity contribution is 7.98. The van der Waals surface area contributed by atoms with Crippen LogP contribution in [0.4, 0.5) is 10.9 Å². The standard InChI is InChI=1S/C13H23N5OS2/c1-17(7-8-20-2)12(19)10-11(15)16-13(21-10)18-5-3-9(14)4-6-18/h9H,3-8,14-15H2,1-2H3. The summed E-state index contributed by atoms with van der Waals surface area (Å²) in [6.45, 7) is 2.47. The zero-order chi connectivity index (χ0) is 15.4. The predicted molar refractivity (Wildman–Crippen MR) is 91.3 cm³/mol. The van der Waals surface area contributed by atoms with E-state index in [-0.39, 0.29) is 11.9 Å². The highest BCUT2D eigenvalue weighted by Gasteiger charge is 2.24. The number of hydrogen-bond donors (Lipinski definition) is 2. The molecule has 2 rings (SSSR count). The molecule has 1 saturated heterocycles. The van der Waals surface area contributed by atoms with Crippen LogP contribution < -0.4 is 16.4 Å². The second-order valence-corrected chi connectivity index (χ2v) is 7.22. The minimum absolute atomic E-state index is 0.0426. The summed E-state index contributed by atoms with van der Waals surface area (Å²) >= 11 is 3.11. The Balaban J connectivity index is 2.06. The number of carbonyl (C=O) groups is 1. The molecule has 4 N–H and O–H groups in total. The molecule has 21 heavy (non-hydrogen) atoms. The Morgan fingerprint density at radius 2 is 2.19 bits per heavy atom. The number of piperidine rings is 1. The fourth-order valence-corrected chi connectivity index (χ4v) is 3.69. The van der Waals surface area contributed by atoms with Crippen LogP contribution in [0.5, 0.6) is 0 Å². The second-order valence-electron chi connectivity index (χ2n) is 5.25. The molecule has 1 amide bonds. The van der Waals surface area contributed by atoms with E-state index in [1.54, 1.807) is 23.7 Å². The zero-order valence-electron chi connectivity index (χ0n) is 12.5. The van der Waals surface area contributed by atoms with Crippen molar-refractivity contribution in [1.82, 2.24) is 9.88 Å². The summed E-state index contributed by atoms with van der Waals surface area (Å²) < 4.78 is 0. The van der Waals surface area contributed by atoms with Crippen LogP contribution >= 0.6 is 23.1 Å². The zero-order valence-corrected chi connectivity index (χ0v) is 14.2. The van der Waals surface area contributed by atoms with Gasteiger partial charge in [0.2, 0.25) is 0 Å². The Labute approximate surface area is 133 Å². The lowest BCUT2D eigenvalue weighted by molar-refractivity contribution is 0.0809. The monoisotopic (exact) mass is 329 g/mol. The van der Waals surface area contributed by atoms with Crippen molar-refractivity contribution in [2.24, 2.45) is 5.73 Å². The van der Waals surface area contributed by atoms with Gasteiger partial charge in [-0.3, -0.25) is 4.79 Å². The smallest absolute Gasteiger partial charge is 0.267 e. The van der Waals surface area contributed by atoms with Crippen LogP contribution in [-0.4, -0.2) is 60.5 Å². The fraction of sp³-hybridized carbons (Fsp3) is 0.692. The summed E-state index contributed by atoms with van der Waals surface area (Å²) in [7, 11) is 1.80. The molecular formula is C13H23N5OS2. The number of thioether (sulfide) groups is 1. The third kappa shape index (κ3) is 4.02. The predicted octanol–water partition coefficient (Wildman–Crippen LogP) is 1.09. The molecule has 1 aromatic heterocycles. The molecule has 0 saturated carbocycles. The molecule has 0 atom stereocenters. The average Bonchev–Trinajstić information content (AvgIpc) is 2.86. The SMILES string of the molecule is CSCCN(C)C(=O)c1sc(N2CCC(N)CC2)nc1N. The van der Waals surface area contributed by atoms with Crippen molar-refractivity contribution in [2.45, 2.75) is 18.9 Å². The summed E-state index contributed by atoms with van der Waals surface area (Å²) in [5.74, 6) is 1.21. The Morgan fingerprint density at radius 1 is 1.52 bits per heavy atom. The largest absolute Gasteiger partial charge is 0.382 e. The van der Waals surface area contributed by atoms with Gasteiger partial charge < -0.3 is 21.3 Å². The Bertz CT molecular complexity index is 485. The number of aromatic nitrogens is 1. The normalized spacial score (nSPS) is 16.2. The first-order valence-corrected chi connectivity index (χ1v) is 9.25. The van der Waals surface area contributed by atoms with Gasteiger partial charge in [0.1, 0.15) is 10.7 Å². The van der Waals surface area contributed by atoms with Gasteiger partial charge in [-0.2, -0.15) is 11.8 Å². The lowest BCUT2D eigenvalue weighted by Crippen LogP contribution is -2.39. The first-order valence-electron chi connectivity index (χ1n) is 7.04. The van der Waals surface area contributed by atoms with Crippen molar-refractivity contribution < 1.29 is 4.79 Å². The molecule has 0 bridgehead atoms. The maximum absolute atomic E-state index is 12.4. The van der Waals surface area contributed by atoms with Gasteiger partial charge in [-0.05, 0) is 19.1 Å². The number of thiazole rings is 1. The number of hydrogen-bond acceptors (Lipinski definition) is 7. The maximum atomic E-state index is 12.4. The van der Waals surface area contributed by atoms with E-state index in [1.165, 1.54) is 11.3 Å². The van der Waals surface area contributed by atoms with Crippen molar-refractivity contribution in [1.29, 1.82) is 0 Å². The van der Waals surface area contributed by atoms with Gasteiger partial charge in [0, 0.05) is 38.5 Å². The molecule has 0 spiro atoms. The van der Waals surface area contributed by atoms with E-state index in [0.717, 1.165) is 36.8 Å². The molecule has 1 fully saturated rings. The molecule has 1 aromatic rings. The molecule has 118 valence electrons. The van der Waals surface area contributed by atoms with E-state index < -0.39 is 0 Å². The van der Waals surface area contributed by atoms with Gasteiger partial charge in [0.05, 0.1) is 0 Å². The first-order chi connectivity index (χ1) is 10.0. The lowest BCUT2D eigenvalue weighted by atomic mass is 10.1. The summed E-state index contributed by atoms with van der Waals surface area (Å²) in [5.41, 5.74) is 11.9. The third-order valence-electron chi connectivity index (χ3n) is 3.62. The molecule has 6 nitrogen and oxygen atoms in total. The number of nitrogens with two attached hydrogens (primary N) is 2. The van der Waals surface area contributed by atoms with Crippen LogP contribution in [0.2, 0.25) is 0 Å².